The standard InChI is InChI=1S/C19H17N3O4/c1-25-19(24)18-21-17(22-26-18)15-9-7-14(8-10-15)12-20-16(23)11-13-5-3-2-4-6-13/h2-10H,11-12H2,1H3,(H,20,23). The summed E-state index contributed by atoms with van der Waals surface area (Å²) in [6.45, 7) is 0.422. The number of carbonyl (C=O) groups excluding carboxylic acids is 2. The Morgan fingerprint density at radius 2 is 1.77 bits per heavy atom. The van der Waals surface area contributed by atoms with E-state index in [-0.39, 0.29) is 11.8 Å². The second-order valence-electron chi connectivity index (χ2n) is 5.55. The van der Waals surface area contributed by atoms with Gasteiger partial charge >= 0.3 is 11.9 Å². The molecule has 1 heterocycles. The summed E-state index contributed by atoms with van der Waals surface area (Å²) in [6.07, 6.45) is 0.345. The molecule has 0 unspecified atom stereocenters. The lowest BCUT2D eigenvalue weighted by Gasteiger charge is -2.06. The van der Waals surface area contributed by atoms with Gasteiger partial charge in [-0.2, -0.15) is 4.98 Å². The fourth-order valence-electron chi connectivity index (χ4n) is 2.33. The maximum Gasteiger partial charge on any atom is 0.397 e. The third-order valence-corrected chi connectivity index (χ3v) is 3.70. The van der Waals surface area contributed by atoms with Crippen LogP contribution in [0.3, 0.4) is 0 Å². The number of aromatic nitrogens is 2. The molecule has 0 atom stereocenters. The zero-order chi connectivity index (χ0) is 18.4. The van der Waals surface area contributed by atoms with Crippen LogP contribution in [0.1, 0.15) is 21.8 Å². The lowest BCUT2D eigenvalue weighted by molar-refractivity contribution is -0.120. The molecule has 7 heteroatoms. The molecular formula is C19H17N3O4. The van der Waals surface area contributed by atoms with Gasteiger partial charge in [0.25, 0.3) is 0 Å². The van der Waals surface area contributed by atoms with E-state index < -0.39 is 5.97 Å². The highest BCUT2D eigenvalue weighted by atomic mass is 16.6. The number of hydrogen-bond acceptors (Lipinski definition) is 6. The minimum atomic E-state index is -0.679. The molecule has 0 saturated carbocycles. The van der Waals surface area contributed by atoms with Crippen LogP contribution in [0.15, 0.2) is 59.1 Å². The third-order valence-electron chi connectivity index (χ3n) is 3.70. The smallest absolute Gasteiger partial charge is 0.397 e. The van der Waals surface area contributed by atoms with Crippen LogP contribution in [0, 0.1) is 0 Å². The first-order valence-corrected chi connectivity index (χ1v) is 7.97. The number of esters is 1. The van der Waals surface area contributed by atoms with Crippen LogP contribution < -0.4 is 5.32 Å². The summed E-state index contributed by atoms with van der Waals surface area (Å²) in [7, 11) is 1.24. The number of nitrogens with one attached hydrogen (secondary N) is 1. The van der Waals surface area contributed by atoms with Gasteiger partial charge in [-0.05, 0) is 11.1 Å². The van der Waals surface area contributed by atoms with Crippen molar-refractivity contribution >= 4 is 11.9 Å². The molecule has 0 aliphatic rings. The quantitative estimate of drug-likeness (QED) is 0.685. The molecule has 0 aliphatic heterocycles. The Hall–Kier alpha value is -3.48. The summed E-state index contributed by atoms with van der Waals surface area (Å²) in [5, 5.41) is 6.63. The van der Waals surface area contributed by atoms with Crippen molar-refractivity contribution < 1.29 is 18.8 Å². The average molecular weight is 351 g/mol. The van der Waals surface area contributed by atoms with E-state index in [2.05, 4.69) is 20.2 Å². The lowest BCUT2D eigenvalue weighted by Crippen LogP contribution is -2.24. The van der Waals surface area contributed by atoms with Gasteiger partial charge in [0.05, 0.1) is 13.5 Å². The number of hydrogen-bond donors (Lipinski definition) is 1. The molecule has 2 aromatic carbocycles. The highest BCUT2D eigenvalue weighted by Crippen LogP contribution is 2.17. The van der Waals surface area contributed by atoms with Crippen LogP contribution in [0.2, 0.25) is 0 Å². The first-order valence-electron chi connectivity index (χ1n) is 7.97. The van der Waals surface area contributed by atoms with E-state index in [4.69, 9.17) is 4.52 Å². The minimum Gasteiger partial charge on any atom is -0.462 e. The molecule has 1 N–H and O–H groups in total. The van der Waals surface area contributed by atoms with E-state index in [1.807, 2.05) is 42.5 Å². The molecule has 3 rings (SSSR count). The van der Waals surface area contributed by atoms with Gasteiger partial charge in [0, 0.05) is 12.1 Å². The Morgan fingerprint density at radius 1 is 1.04 bits per heavy atom. The molecule has 0 bridgehead atoms. The van der Waals surface area contributed by atoms with Gasteiger partial charge in [-0.25, -0.2) is 4.79 Å². The summed E-state index contributed by atoms with van der Waals surface area (Å²) in [5.74, 6) is -0.618. The van der Waals surface area contributed by atoms with Crippen molar-refractivity contribution in [2.75, 3.05) is 7.11 Å². The van der Waals surface area contributed by atoms with Gasteiger partial charge in [-0.3, -0.25) is 4.79 Å². The summed E-state index contributed by atoms with van der Waals surface area (Å²) in [4.78, 5) is 27.3. The van der Waals surface area contributed by atoms with Crippen LogP contribution in [0.25, 0.3) is 11.4 Å². The number of benzene rings is 2. The Labute approximate surface area is 150 Å². The molecule has 3 aromatic rings. The first kappa shape index (κ1) is 17.3. The van der Waals surface area contributed by atoms with Gasteiger partial charge in [0.1, 0.15) is 0 Å². The fraction of sp³-hybridized carbons (Fsp3) is 0.158. The van der Waals surface area contributed by atoms with Crippen molar-refractivity contribution in [3.63, 3.8) is 0 Å². The van der Waals surface area contributed by atoms with E-state index >= 15 is 0 Å². The van der Waals surface area contributed by atoms with E-state index in [0.717, 1.165) is 11.1 Å². The van der Waals surface area contributed by atoms with Crippen molar-refractivity contribution in [2.24, 2.45) is 0 Å². The van der Waals surface area contributed by atoms with Crippen molar-refractivity contribution in [3.8, 4) is 11.4 Å². The molecule has 0 fully saturated rings. The number of methoxy groups -OCH3 is 1. The first-order chi connectivity index (χ1) is 12.7. The zero-order valence-electron chi connectivity index (χ0n) is 14.1. The SMILES string of the molecule is COC(=O)c1nc(-c2ccc(CNC(=O)Cc3ccccc3)cc2)no1. The van der Waals surface area contributed by atoms with Crippen molar-refractivity contribution in [1.29, 1.82) is 0 Å². The summed E-state index contributed by atoms with van der Waals surface area (Å²) >= 11 is 0. The second-order valence-corrected chi connectivity index (χ2v) is 5.55. The summed E-state index contributed by atoms with van der Waals surface area (Å²) < 4.78 is 9.37. The van der Waals surface area contributed by atoms with Gasteiger partial charge < -0.3 is 14.6 Å². The number of amides is 1. The van der Waals surface area contributed by atoms with Gasteiger partial charge in [-0.15, -0.1) is 0 Å². The lowest BCUT2D eigenvalue weighted by atomic mass is 10.1. The van der Waals surface area contributed by atoms with Crippen molar-refractivity contribution in [2.45, 2.75) is 13.0 Å². The molecular weight excluding hydrogens is 334 g/mol. The van der Waals surface area contributed by atoms with Crippen LogP contribution in [-0.2, 0) is 22.5 Å². The zero-order valence-corrected chi connectivity index (χ0v) is 14.1. The van der Waals surface area contributed by atoms with Gasteiger partial charge in [-0.1, -0.05) is 59.8 Å². The van der Waals surface area contributed by atoms with Crippen molar-refractivity contribution in [1.82, 2.24) is 15.5 Å². The molecule has 0 spiro atoms. The van der Waals surface area contributed by atoms with E-state index in [0.29, 0.717) is 24.4 Å². The average Bonchev–Trinajstić information content (AvgIpc) is 3.17. The molecule has 7 nitrogen and oxygen atoms in total. The Kier molecular flexibility index (Phi) is 5.38. The van der Waals surface area contributed by atoms with Crippen molar-refractivity contribution in [3.05, 3.63) is 71.6 Å². The number of nitrogens with zero attached hydrogens (tertiary/aromatic N) is 2. The topological polar surface area (TPSA) is 94.3 Å². The largest absolute Gasteiger partial charge is 0.462 e. The highest BCUT2D eigenvalue weighted by molar-refractivity contribution is 5.84. The number of ether oxygens (including phenoxy) is 1. The normalized spacial score (nSPS) is 10.3. The Balaban J connectivity index is 1.57. The fourth-order valence-corrected chi connectivity index (χ4v) is 2.33. The van der Waals surface area contributed by atoms with Gasteiger partial charge in [0.2, 0.25) is 11.7 Å². The maximum atomic E-state index is 12.0. The van der Waals surface area contributed by atoms with E-state index in [1.54, 1.807) is 12.1 Å². The van der Waals surface area contributed by atoms with Gasteiger partial charge in [0.15, 0.2) is 0 Å². The van der Waals surface area contributed by atoms with Crippen LogP contribution in [0.4, 0.5) is 0 Å². The Morgan fingerprint density at radius 3 is 2.46 bits per heavy atom. The molecule has 132 valence electrons. The molecule has 0 aliphatic carbocycles. The number of rotatable bonds is 6. The minimum absolute atomic E-state index is 0.0406. The monoisotopic (exact) mass is 351 g/mol. The Bertz CT molecular complexity index is 889. The summed E-state index contributed by atoms with van der Waals surface area (Å²) in [5.41, 5.74) is 2.61. The molecule has 26 heavy (non-hydrogen) atoms. The maximum absolute atomic E-state index is 12.0. The predicted octanol–water partition coefficient (Wildman–Crippen LogP) is 2.38. The molecule has 0 saturated heterocycles. The summed E-state index contributed by atoms with van der Waals surface area (Å²) in [6, 6.07) is 16.9. The number of carbonyl (C=O) groups is 2. The predicted molar refractivity (Wildman–Crippen MR) is 93.1 cm³/mol. The second kappa shape index (κ2) is 8.06. The van der Waals surface area contributed by atoms with Crippen LogP contribution in [0.5, 0.6) is 0 Å². The van der Waals surface area contributed by atoms with Crippen LogP contribution >= 0.6 is 0 Å². The van der Waals surface area contributed by atoms with Crippen LogP contribution in [-0.4, -0.2) is 29.1 Å². The third kappa shape index (κ3) is 4.32. The molecule has 0 radical (unpaired) electrons. The van der Waals surface area contributed by atoms with E-state index in [9.17, 15) is 9.59 Å². The molecule has 1 aromatic heterocycles. The van der Waals surface area contributed by atoms with E-state index in [1.165, 1.54) is 7.11 Å². The molecule has 1 amide bonds. The highest BCUT2D eigenvalue weighted by Gasteiger charge is 2.16.